The maximum Gasteiger partial charge on any atom is 0.173 e. The Morgan fingerprint density at radius 3 is 3.11 bits per heavy atom. The van der Waals surface area contributed by atoms with Gasteiger partial charge in [0, 0.05) is 0 Å². The van der Waals surface area contributed by atoms with Gasteiger partial charge in [-0.15, -0.1) is 11.3 Å². The lowest BCUT2D eigenvalue weighted by atomic mass is 10.6. The summed E-state index contributed by atoms with van der Waals surface area (Å²) in [7, 11) is 0. The molecule has 0 saturated heterocycles. The van der Waals surface area contributed by atoms with Gasteiger partial charge in [0.25, 0.3) is 0 Å². The van der Waals surface area contributed by atoms with Crippen molar-refractivity contribution in [2.75, 3.05) is 13.3 Å². The fourth-order valence-electron chi connectivity index (χ4n) is 0.485. The van der Waals surface area contributed by atoms with E-state index < -0.39 is 6.67 Å². The maximum absolute atomic E-state index is 11.5. The molecule has 0 aromatic carbocycles. The van der Waals surface area contributed by atoms with Crippen LogP contribution in [-0.4, -0.2) is 13.3 Å². The number of hydrogen-bond acceptors (Lipinski definition) is 2. The number of thiophene rings is 1. The van der Waals surface area contributed by atoms with E-state index in [4.69, 9.17) is 4.74 Å². The van der Waals surface area contributed by atoms with Crippen LogP contribution in [0.5, 0.6) is 5.06 Å². The van der Waals surface area contributed by atoms with Gasteiger partial charge in [-0.25, -0.2) is 4.39 Å². The molecule has 50 valence electrons. The van der Waals surface area contributed by atoms with Gasteiger partial charge in [0.1, 0.15) is 13.3 Å². The molecule has 0 aliphatic rings. The lowest BCUT2D eigenvalue weighted by molar-refractivity contribution is 0.280. The van der Waals surface area contributed by atoms with Gasteiger partial charge < -0.3 is 4.74 Å². The molecule has 0 spiro atoms. The lowest BCUT2D eigenvalue weighted by Gasteiger charge is -1.95. The van der Waals surface area contributed by atoms with E-state index in [0.29, 0.717) is 0 Å². The van der Waals surface area contributed by atoms with Gasteiger partial charge in [0.15, 0.2) is 5.06 Å². The van der Waals surface area contributed by atoms with E-state index in [-0.39, 0.29) is 6.61 Å². The minimum Gasteiger partial charge on any atom is -0.481 e. The van der Waals surface area contributed by atoms with Crippen molar-refractivity contribution in [1.82, 2.24) is 0 Å². The lowest BCUT2D eigenvalue weighted by Crippen LogP contribution is -1.95. The van der Waals surface area contributed by atoms with Gasteiger partial charge in [-0.1, -0.05) is 0 Å². The topological polar surface area (TPSA) is 9.23 Å². The molecule has 0 aliphatic carbocycles. The van der Waals surface area contributed by atoms with Crippen LogP contribution in [0.4, 0.5) is 4.39 Å². The maximum atomic E-state index is 11.5. The Hall–Kier alpha value is -0.570. The molecule has 1 aromatic heterocycles. The molecule has 1 heterocycles. The molecule has 3 heteroatoms. The summed E-state index contributed by atoms with van der Waals surface area (Å²) < 4.78 is 16.4. The van der Waals surface area contributed by atoms with Gasteiger partial charge in [-0.2, -0.15) is 0 Å². The van der Waals surface area contributed by atoms with Crippen LogP contribution in [0, 0.1) is 0 Å². The van der Waals surface area contributed by atoms with Crippen molar-refractivity contribution >= 4 is 11.3 Å². The molecule has 0 radical (unpaired) electrons. The zero-order valence-corrected chi connectivity index (χ0v) is 5.66. The van der Waals surface area contributed by atoms with Crippen LogP contribution in [0.3, 0.4) is 0 Å². The predicted molar refractivity (Wildman–Crippen MR) is 35.8 cm³/mol. The normalized spacial score (nSPS) is 9.44. The van der Waals surface area contributed by atoms with E-state index in [9.17, 15) is 4.39 Å². The van der Waals surface area contributed by atoms with Crippen molar-refractivity contribution in [1.29, 1.82) is 0 Å². The third-order valence-corrected chi connectivity index (χ3v) is 1.60. The van der Waals surface area contributed by atoms with Crippen LogP contribution in [0.2, 0.25) is 0 Å². The van der Waals surface area contributed by atoms with E-state index in [0.717, 1.165) is 5.06 Å². The molecular weight excluding hydrogens is 139 g/mol. The third kappa shape index (κ3) is 2.01. The van der Waals surface area contributed by atoms with Crippen LogP contribution in [0.1, 0.15) is 0 Å². The Morgan fingerprint density at radius 1 is 1.67 bits per heavy atom. The highest BCUT2D eigenvalue weighted by molar-refractivity contribution is 7.11. The second-order valence-electron chi connectivity index (χ2n) is 1.47. The van der Waals surface area contributed by atoms with Crippen LogP contribution < -0.4 is 4.74 Å². The molecule has 1 nitrogen and oxygen atoms in total. The molecular formula is C6H7FOS. The Bertz CT molecular complexity index is 150. The standard InChI is InChI=1S/C6H7FOS/c7-3-4-8-6-2-1-5-9-6/h1-2,5H,3-4H2. The molecule has 9 heavy (non-hydrogen) atoms. The van der Waals surface area contributed by atoms with Crippen molar-refractivity contribution in [3.63, 3.8) is 0 Å². The molecule has 0 unspecified atom stereocenters. The summed E-state index contributed by atoms with van der Waals surface area (Å²) in [5, 5.41) is 2.68. The summed E-state index contributed by atoms with van der Waals surface area (Å²) in [5.74, 6) is 0. The minimum atomic E-state index is -0.419. The summed E-state index contributed by atoms with van der Waals surface area (Å²) in [5.41, 5.74) is 0. The molecule has 0 amide bonds. The minimum absolute atomic E-state index is 0.167. The van der Waals surface area contributed by atoms with Crippen LogP contribution in [0.15, 0.2) is 17.5 Å². The van der Waals surface area contributed by atoms with Gasteiger partial charge in [0.05, 0.1) is 0 Å². The highest BCUT2D eigenvalue weighted by atomic mass is 32.1. The third-order valence-electron chi connectivity index (χ3n) is 0.817. The first-order chi connectivity index (χ1) is 4.43. The number of hydrogen-bond donors (Lipinski definition) is 0. The van der Waals surface area contributed by atoms with Crippen LogP contribution >= 0.6 is 11.3 Å². The Kier molecular flexibility index (Phi) is 2.51. The number of alkyl halides is 1. The second-order valence-corrected chi connectivity index (χ2v) is 2.38. The zero-order valence-electron chi connectivity index (χ0n) is 4.84. The first kappa shape index (κ1) is 6.55. The number of ether oxygens (including phenoxy) is 1. The molecule has 1 aromatic rings. The Labute approximate surface area is 57.1 Å². The second kappa shape index (κ2) is 3.45. The van der Waals surface area contributed by atoms with E-state index in [1.807, 2.05) is 17.5 Å². The smallest absolute Gasteiger partial charge is 0.173 e. The summed E-state index contributed by atoms with van der Waals surface area (Å²) in [6, 6.07) is 3.69. The summed E-state index contributed by atoms with van der Waals surface area (Å²) in [6.07, 6.45) is 0. The first-order valence-corrected chi connectivity index (χ1v) is 3.53. The fourth-order valence-corrected chi connectivity index (χ4v) is 1.08. The molecule has 0 saturated carbocycles. The molecule has 0 N–H and O–H groups in total. The number of halogens is 1. The predicted octanol–water partition coefficient (Wildman–Crippen LogP) is 2.10. The van der Waals surface area contributed by atoms with E-state index in [1.165, 1.54) is 11.3 Å². The SMILES string of the molecule is FCCOc1cccs1. The largest absolute Gasteiger partial charge is 0.481 e. The first-order valence-electron chi connectivity index (χ1n) is 2.66. The quantitative estimate of drug-likeness (QED) is 0.634. The highest BCUT2D eigenvalue weighted by Crippen LogP contribution is 2.17. The van der Waals surface area contributed by atoms with Gasteiger partial charge in [0.2, 0.25) is 0 Å². The molecule has 0 aliphatic heterocycles. The summed E-state index contributed by atoms with van der Waals surface area (Å²) in [4.78, 5) is 0. The van der Waals surface area contributed by atoms with Gasteiger partial charge in [-0.3, -0.25) is 0 Å². The average molecular weight is 146 g/mol. The Balaban J connectivity index is 2.30. The van der Waals surface area contributed by atoms with Crippen LogP contribution in [0.25, 0.3) is 0 Å². The molecule has 1 rings (SSSR count). The van der Waals surface area contributed by atoms with Crippen molar-refractivity contribution in [2.24, 2.45) is 0 Å². The molecule has 0 bridgehead atoms. The van der Waals surface area contributed by atoms with Gasteiger partial charge in [-0.05, 0) is 17.5 Å². The average Bonchev–Trinajstić information content (AvgIpc) is 2.34. The molecule has 0 atom stereocenters. The van der Waals surface area contributed by atoms with Crippen LogP contribution in [-0.2, 0) is 0 Å². The summed E-state index contributed by atoms with van der Waals surface area (Å²) >= 11 is 1.47. The van der Waals surface area contributed by atoms with E-state index in [1.54, 1.807) is 0 Å². The molecule has 0 fully saturated rings. The van der Waals surface area contributed by atoms with Crippen molar-refractivity contribution in [2.45, 2.75) is 0 Å². The van der Waals surface area contributed by atoms with Crippen molar-refractivity contribution < 1.29 is 9.13 Å². The summed E-state index contributed by atoms with van der Waals surface area (Å²) in [6.45, 7) is -0.252. The van der Waals surface area contributed by atoms with Crippen molar-refractivity contribution in [3.8, 4) is 5.06 Å². The fraction of sp³-hybridized carbons (Fsp3) is 0.333. The monoisotopic (exact) mass is 146 g/mol. The van der Waals surface area contributed by atoms with E-state index in [2.05, 4.69) is 0 Å². The van der Waals surface area contributed by atoms with Crippen molar-refractivity contribution in [3.05, 3.63) is 17.5 Å². The number of rotatable bonds is 3. The van der Waals surface area contributed by atoms with Gasteiger partial charge >= 0.3 is 0 Å². The highest BCUT2D eigenvalue weighted by Gasteiger charge is 1.90. The van der Waals surface area contributed by atoms with E-state index >= 15 is 0 Å². The Morgan fingerprint density at radius 2 is 2.56 bits per heavy atom. The zero-order chi connectivity index (χ0) is 6.53.